The maximum Gasteiger partial charge on any atom is 0.150 e. The van der Waals surface area contributed by atoms with E-state index >= 15 is 0 Å². The Morgan fingerprint density at radius 2 is 1.72 bits per heavy atom. The minimum atomic E-state index is -0.229. The summed E-state index contributed by atoms with van der Waals surface area (Å²) in [7, 11) is 0. The number of anilines is 2. The van der Waals surface area contributed by atoms with Crippen molar-refractivity contribution < 1.29 is 5.11 Å². The van der Waals surface area contributed by atoms with E-state index in [1.54, 1.807) is 12.4 Å². The summed E-state index contributed by atoms with van der Waals surface area (Å²) < 4.78 is 0. The SMILES string of the molecule is C[C@H](O)C1CCN(c2nccnc2C2CN(c3ccc4ccccc4n3)C2)CC1. The molecule has 0 aliphatic carbocycles. The second kappa shape index (κ2) is 7.59. The van der Waals surface area contributed by atoms with Crippen LogP contribution in [0.5, 0.6) is 0 Å². The van der Waals surface area contributed by atoms with E-state index in [1.165, 1.54) is 5.39 Å². The highest BCUT2D eigenvalue weighted by molar-refractivity contribution is 5.80. The number of aromatic nitrogens is 3. The van der Waals surface area contributed by atoms with Gasteiger partial charge in [-0.3, -0.25) is 4.98 Å². The Hall–Kier alpha value is -2.73. The average Bonchev–Trinajstić information content (AvgIpc) is 2.73. The first-order chi connectivity index (χ1) is 14.2. The van der Waals surface area contributed by atoms with Crippen LogP contribution in [0.4, 0.5) is 11.6 Å². The van der Waals surface area contributed by atoms with Gasteiger partial charge in [0.05, 0.1) is 17.3 Å². The summed E-state index contributed by atoms with van der Waals surface area (Å²) in [6.45, 7) is 5.61. The van der Waals surface area contributed by atoms with E-state index in [9.17, 15) is 5.11 Å². The van der Waals surface area contributed by atoms with Gasteiger partial charge in [-0.05, 0) is 43.9 Å². The van der Waals surface area contributed by atoms with Crippen molar-refractivity contribution >= 4 is 22.5 Å². The van der Waals surface area contributed by atoms with Gasteiger partial charge in [0.2, 0.25) is 0 Å². The molecule has 0 amide bonds. The number of pyridine rings is 1. The van der Waals surface area contributed by atoms with Gasteiger partial charge in [0.25, 0.3) is 0 Å². The van der Waals surface area contributed by atoms with Crippen molar-refractivity contribution in [2.24, 2.45) is 5.92 Å². The smallest absolute Gasteiger partial charge is 0.150 e. The van der Waals surface area contributed by atoms with Crippen molar-refractivity contribution in [2.75, 3.05) is 36.0 Å². The molecule has 3 aromatic rings. The normalized spacial score (nSPS) is 19.4. The van der Waals surface area contributed by atoms with Crippen molar-refractivity contribution in [2.45, 2.75) is 31.8 Å². The number of aliphatic hydroxyl groups is 1. The van der Waals surface area contributed by atoms with Gasteiger partial charge in [0.1, 0.15) is 5.82 Å². The molecule has 0 bridgehead atoms. The number of nitrogens with zero attached hydrogens (tertiary/aromatic N) is 5. The van der Waals surface area contributed by atoms with Crippen LogP contribution in [0.25, 0.3) is 10.9 Å². The van der Waals surface area contributed by atoms with Crippen LogP contribution in [0.2, 0.25) is 0 Å². The predicted octanol–water partition coefficient (Wildman–Crippen LogP) is 3.23. The summed E-state index contributed by atoms with van der Waals surface area (Å²) in [5.74, 6) is 2.82. The second-order valence-electron chi connectivity index (χ2n) is 8.29. The highest BCUT2D eigenvalue weighted by Crippen LogP contribution is 2.35. The molecule has 0 spiro atoms. The molecule has 5 rings (SSSR count). The van der Waals surface area contributed by atoms with E-state index in [2.05, 4.69) is 39.0 Å². The Labute approximate surface area is 171 Å². The third kappa shape index (κ3) is 3.53. The van der Waals surface area contributed by atoms with Crippen LogP contribution in [0, 0.1) is 5.92 Å². The first-order valence-corrected chi connectivity index (χ1v) is 10.5. The first kappa shape index (κ1) is 18.3. The number of fused-ring (bicyclic) bond motifs is 1. The summed E-state index contributed by atoms with van der Waals surface area (Å²) in [6.07, 6.45) is 5.38. The van der Waals surface area contributed by atoms with Gasteiger partial charge in [-0.25, -0.2) is 9.97 Å². The molecular weight excluding hydrogens is 362 g/mol. The lowest BCUT2D eigenvalue weighted by atomic mass is 9.91. The van der Waals surface area contributed by atoms with Gasteiger partial charge in [-0.1, -0.05) is 18.2 Å². The molecule has 29 heavy (non-hydrogen) atoms. The third-order valence-electron chi connectivity index (χ3n) is 6.40. The molecule has 2 saturated heterocycles. The highest BCUT2D eigenvalue weighted by Gasteiger charge is 2.34. The van der Waals surface area contributed by atoms with Crippen LogP contribution in [0.3, 0.4) is 0 Å². The molecule has 0 saturated carbocycles. The Morgan fingerprint density at radius 3 is 2.52 bits per heavy atom. The third-order valence-corrected chi connectivity index (χ3v) is 6.40. The monoisotopic (exact) mass is 389 g/mol. The van der Waals surface area contributed by atoms with E-state index in [0.717, 1.165) is 61.9 Å². The molecule has 6 nitrogen and oxygen atoms in total. The number of hydrogen-bond donors (Lipinski definition) is 1. The summed E-state index contributed by atoms with van der Waals surface area (Å²) in [6, 6.07) is 12.5. The molecule has 150 valence electrons. The number of para-hydroxylation sites is 1. The molecule has 2 aliphatic heterocycles. The molecule has 4 heterocycles. The zero-order chi connectivity index (χ0) is 19.8. The summed E-state index contributed by atoms with van der Waals surface area (Å²) >= 11 is 0. The molecule has 2 fully saturated rings. The lowest BCUT2D eigenvalue weighted by Gasteiger charge is -2.42. The first-order valence-electron chi connectivity index (χ1n) is 10.5. The average molecular weight is 390 g/mol. The van der Waals surface area contributed by atoms with Crippen molar-refractivity contribution in [3.8, 4) is 0 Å². The van der Waals surface area contributed by atoms with E-state index in [-0.39, 0.29) is 6.10 Å². The molecule has 1 aromatic carbocycles. The van der Waals surface area contributed by atoms with Gasteiger partial charge >= 0.3 is 0 Å². The number of benzene rings is 1. The molecule has 1 N–H and O–H groups in total. The minimum Gasteiger partial charge on any atom is -0.393 e. The number of piperidine rings is 1. The topological polar surface area (TPSA) is 65.4 Å². The molecule has 2 aromatic heterocycles. The van der Waals surface area contributed by atoms with Gasteiger partial charge in [0, 0.05) is 49.9 Å². The van der Waals surface area contributed by atoms with Gasteiger partial charge in [-0.15, -0.1) is 0 Å². The number of hydrogen-bond acceptors (Lipinski definition) is 6. The van der Waals surface area contributed by atoms with E-state index in [0.29, 0.717) is 11.8 Å². The Kier molecular flexibility index (Phi) is 4.79. The second-order valence-corrected chi connectivity index (χ2v) is 8.29. The highest BCUT2D eigenvalue weighted by atomic mass is 16.3. The zero-order valence-corrected chi connectivity index (χ0v) is 16.8. The van der Waals surface area contributed by atoms with Crippen LogP contribution in [0.15, 0.2) is 48.8 Å². The Morgan fingerprint density at radius 1 is 0.966 bits per heavy atom. The van der Waals surface area contributed by atoms with Crippen molar-refractivity contribution in [1.29, 1.82) is 0 Å². The van der Waals surface area contributed by atoms with Crippen LogP contribution < -0.4 is 9.80 Å². The van der Waals surface area contributed by atoms with Gasteiger partial charge in [0.15, 0.2) is 5.82 Å². The predicted molar refractivity (Wildman–Crippen MR) is 115 cm³/mol. The van der Waals surface area contributed by atoms with E-state index in [1.807, 2.05) is 19.1 Å². The molecule has 0 unspecified atom stereocenters. The zero-order valence-electron chi connectivity index (χ0n) is 16.8. The van der Waals surface area contributed by atoms with Gasteiger partial charge < -0.3 is 14.9 Å². The fourth-order valence-corrected chi connectivity index (χ4v) is 4.54. The molecular formula is C23H27N5O. The maximum absolute atomic E-state index is 9.87. The molecule has 0 radical (unpaired) electrons. The fourth-order valence-electron chi connectivity index (χ4n) is 4.54. The molecule has 6 heteroatoms. The minimum absolute atomic E-state index is 0.229. The fraction of sp³-hybridized carbons (Fsp3) is 0.435. The van der Waals surface area contributed by atoms with Gasteiger partial charge in [-0.2, -0.15) is 0 Å². The van der Waals surface area contributed by atoms with E-state index < -0.39 is 0 Å². The van der Waals surface area contributed by atoms with Crippen molar-refractivity contribution in [3.05, 3.63) is 54.5 Å². The lowest BCUT2D eigenvalue weighted by molar-refractivity contribution is 0.109. The quantitative estimate of drug-likeness (QED) is 0.739. The van der Waals surface area contributed by atoms with Crippen LogP contribution in [0.1, 0.15) is 31.4 Å². The van der Waals surface area contributed by atoms with Crippen molar-refractivity contribution in [1.82, 2.24) is 15.0 Å². The van der Waals surface area contributed by atoms with E-state index in [4.69, 9.17) is 9.97 Å². The largest absolute Gasteiger partial charge is 0.393 e. The molecule has 2 aliphatic rings. The van der Waals surface area contributed by atoms with Crippen LogP contribution >= 0.6 is 0 Å². The number of rotatable bonds is 4. The van der Waals surface area contributed by atoms with Crippen molar-refractivity contribution in [3.63, 3.8) is 0 Å². The summed E-state index contributed by atoms with van der Waals surface area (Å²) in [4.78, 5) is 18.9. The Bertz CT molecular complexity index is 993. The maximum atomic E-state index is 9.87. The Balaban J connectivity index is 1.29. The van der Waals surface area contributed by atoms with Crippen LogP contribution in [-0.2, 0) is 0 Å². The summed E-state index contributed by atoms with van der Waals surface area (Å²) in [5, 5.41) is 11.0. The number of aliphatic hydroxyl groups excluding tert-OH is 1. The standard InChI is InChI=1S/C23H27N5O/c1-16(29)17-8-12-27(13-9-17)23-22(24-10-11-25-23)19-14-28(15-19)21-7-6-18-4-2-3-5-20(18)26-21/h2-7,10-11,16-17,19,29H,8-9,12-15H2,1H3/t16-/m0/s1. The summed E-state index contributed by atoms with van der Waals surface area (Å²) in [5.41, 5.74) is 2.13. The van der Waals surface area contributed by atoms with Crippen LogP contribution in [-0.4, -0.2) is 52.3 Å². The molecule has 1 atom stereocenters. The lowest BCUT2D eigenvalue weighted by Crippen LogP contribution is -2.47.